The van der Waals surface area contributed by atoms with Crippen molar-refractivity contribution in [3.05, 3.63) is 46.0 Å². The Kier molecular flexibility index (Phi) is 3.65. The van der Waals surface area contributed by atoms with Gasteiger partial charge in [-0.15, -0.1) is 0 Å². The molecule has 1 aliphatic heterocycles. The highest BCUT2D eigenvalue weighted by Gasteiger charge is 2.28. The lowest BCUT2D eigenvalue weighted by atomic mass is 10.0. The van der Waals surface area contributed by atoms with E-state index in [4.69, 9.17) is 0 Å². The quantitative estimate of drug-likeness (QED) is 0.688. The van der Waals surface area contributed by atoms with E-state index in [1.807, 2.05) is 0 Å². The number of benzene rings is 1. The van der Waals surface area contributed by atoms with Crippen LogP contribution in [0.25, 0.3) is 10.9 Å². The second kappa shape index (κ2) is 5.64. The van der Waals surface area contributed by atoms with Crippen molar-refractivity contribution in [3.63, 3.8) is 0 Å². The summed E-state index contributed by atoms with van der Waals surface area (Å²) in [7, 11) is 0. The third-order valence-electron chi connectivity index (χ3n) is 3.59. The third-order valence-corrected chi connectivity index (χ3v) is 3.59. The van der Waals surface area contributed by atoms with Gasteiger partial charge in [-0.1, -0.05) is 0 Å². The SMILES string of the molecule is O=C1CCC(NC(=O)c2cc(=O)[nH]c3cc(F)ccc23)C(=O)N1. The summed E-state index contributed by atoms with van der Waals surface area (Å²) in [6.07, 6.45) is 0.310. The molecule has 2 aromatic rings. The van der Waals surface area contributed by atoms with Gasteiger partial charge in [0.1, 0.15) is 11.9 Å². The Morgan fingerprint density at radius 3 is 2.74 bits per heavy atom. The van der Waals surface area contributed by atoms with Gasteiger partial charge in [0.25, 0.3) is 5.91 Å². The summed E-state index contributed by atoms with van der Waals surface area (Å²) in [5.41, 5.74) is -0.337. The number of pyridine rings is 1. The number of rotatable bonds is 2. The summed E-state index contributed by atoms with van der Waals surface area (Å²) < 4.78 is 13.3. The highest BCUT2D eigenvalue weighted by molar-refractivity contribution is 6.08. The first-order valence-electron chi connectivity index (χ1n) is 6.91. The Hall–Kier alpha value is -3.03. The number of carbonyl (C=O) groups is 3. The molecule has 1 saturated heterocycles. The van der Waals surface area contributed by atoms with Crippen molar-refractivity contribution in [1.29, 1.82) is 0 Å². The van der Waals surface area contributed by atoms with Crippen LogP contribution in [0.2, 0.25) is 0 Å². The van der Waals surface area contributed by atoms with Crippen LogP contribution < -0.4 is 16.2 Å². The van der Waals surface area contributed by atoms with Crippen molar-refractivity contribution in [1.82, 2.24) is 15.6 Å². The average molecular weight is 317 g/mol. The highest BCUT2D eigenvalue weighted by atomic mass is 19.1. The number of halogens is 1. The van der Waals surface area contributed by atoms with Crippen molar-refractivity contribution in [3.8, 4) is 0 Å². The number of fused-ring (bicyclic) bond motifs is 1. The molecule has 0 bridgehead atoms. The summed E-state index contributed by atoms with van der Waals surface area (Å²) in [5.74, 6) is -2.16. The number of aromatic amines is 1. The second-order valence-electron chi connectivity index (χ2n) is 5.21. The van der Waals surface area contributed by atoms with Crippen molar-refractivity contribution >= 4 is 28.6 Å². The molecule has 1 aliphatic rings. The molecular formula is C15H12FN3O4. The van der Waals surface area contributed by atoms with E-state index in [1.165, 1.54) is 12.1 Å². The minimum absolute atomic E-state index is 0.0356. The summed E-state index contributed by atoms with van der Waals surface area (Å²) in [4.78, 5) is 49.2. The molecule has 1 fully saturated rings. The van der Waals surface area contributed by atoms with Crippen molar-refractivity contribution < 1.29 is 18.8 Å². The Balaban J connectivity index is 1.93. The van der Waals surface area contributed by atoms with Crippen LogP contribution in [0.5, 0.6) is 0 Å². The first-order chi connectivity index (χ1) is 10.9. The number of piperidine rings is 1. The lowest BCUT2D eigenvalue weighted by molar-refractivity contribution is -0.134. The maximum absolute atomic E-state index is 13.3. The van der Waals surface area contributed by atoms with E-state index in [0.717, 1.165) is 12.1 Å². The number of hydrogen-bond acceptors (Lipinski definition) is 4. The first-order valence-corrected chi connectivity index (χ1v) is 6.91. The molecule has 1 aromatic heterocycles. The third kappa shape index (κ3) is 2.96. The molecule has 1 atom stereocenters. The van der Waals surface area contributed by atoms with Gasteiger partial charge in [-0.05, 0) is 24.6 Å². The predicted molar refractivity (Wildman–Crippen MR) is 78.2 cm³/mol. The molecule has 0 spiro atoms. The molecule has 0 radical (unpaired) electrons. The van der Waals surface area contributed by atoms with Gasteiger partial charge in [-0.25, -0.2) is 4.39 Å². The van der Waals surface area contributed by atoms with Gasteiger partial charge in [0.15, 0.2) is 0 Å². The van der Waals surface area contributed by atoms with E-state index in [2.05, 4.69) is 15.6 Å². The fraction of sp³-hybridized carbons (Fsp3) is 0.200. The van der Waals surface area contributed by atoms with Gasteiger partial charge in [0.05, 0.1) is 11.1 Å². The van der Waals surface area contributed by atoms with Crippen LogP contribution in [0.4, 0.5) is 4.39 Å². The van der Waals surface area contributed by atoms with Gasteiger partial charge < -0.3 is 10.3 Å². The monoisotopic (exact) mass is 317 g/mol. The Labute approximate surface area is 128 Å². The molecule has 118 valence electrons. The molecule has 8 heteroatoms. The van der Waals surface area contributed by atoms with Crippen molar-refractivity contribution in [2.24, 2.45) is 0 Å². The predicted octanol–water partition coefficient (Wildman–Crippen LogP) is 0.202. The molecule has 7 nitrogen and oxygen atoms in total. The Morgan fingerprint density at radius 1 is 1.22 bits per heavy atom. The van der Waals surface area contributed by atoms with Gasteiger partial charge in [0, 0.05) is 17.9 Å². The second-order valence-corrected chi connectivity index (χ2v) is 5.21. The summed E-state index contributed by atoms with van der Waals surface area (Å²) in [5, 5.41) is 4.98. The maximum atomic E-state index is 13.3. The summed E-state index contributed by atoms with van der Waals surface area (Å²) in [6.45, 7) is 0. The van der Waals surface area contributed by atoms with Crippen LogP contribution in [0.15, 0.2) is 29.1 Å². The molecule has 3 N–H and O–H groups in total. The zero-order valence-electron chi connectivity index (χ0n) is 11.8. The smallest absolute Gasteiger partial charge is 0.252 e. The lowest BCUT2D eigenvalue weighted by Crippen LogP contribution is -2.52. The van der Waals surface area contributed by atoms with Crippen molar-refractivity contribution in [2.75, 3.05) is 0 Å². The van der Waals surface area contributed by atoms with E-state index in [1.54, 1.807) is 0 Å². The molecule has 23 heavy (non-hydrogen) atoms. The minimum atomic E-state index is -0.852. The number of hydrogen-bond donors (Lipinski definition) is 3. The fourth-order valence-corrected chi connectivity index (χ4v) is 2.49. The van der Waals surface area contributed by atoms with Gasteiger partial charge in [0.2, 0.25) is 17.4 Å². The summed E-state index contributed by atoms with van der Waals surface area (Å²) in [6, 6.07) is 3.89. The number of amides is 3. The fourth-order valence-electron chi connectivity index (χ4n) is 2.49. The molecular weight excluding hydrogens is 305 g/mol. The molecule has 2 heterocycles. The van der Waals surface area contributed by atoms with E-state index < -0.39 is 35.1 Å². The van der Waals surface area contributed by atoms with Crippen LogP contribution in [-0.4, -0.2) is 28.7 Å². The molecule has 0 saturated carbocycles. The van der Waals surface area contributed by atoms with Gasteiger partial charge in [-0.2, -0.15) is 0 Å². The van der Waals surface area contributed by atoms with Crippen LogP contribution in [0.3, 0.4) is 0 Å². The van der Waals surface area contributed by atoms with E-state index in [9.17, 15) is 23.6 Å². The molecule has 3 amide bonds. The average Bonchev–Trinajstić information content (AvgIpc) is 2.48. The van der Waals surface area contributed by atoms with Gasteiger partial charge >= 0.3 is 0 Å². The number of carbonyl (C=O) groups excluding carboxylic acids is 3. The number of nitrogens with one attached hydrogen (secondary N) is 3. The number of H-pyrrole nitrogens is 1. The maximum Gasteiger partial charge on any atom is 0.252 e. The van der Waals surface area contributed by atoms with E-state index >= 15 is 0 Å². The van der Waals surface area contributed by atoms with Crippen LogP contribution >= 0.6 is 0 Å². The molecule has 1 aromatic carbocycles. The summed E-state index contributed by atoms with van der Waals surface area (Å²) >= 11 is 0. The highest BCUT2D eigenvalue weighted by Crippen LogP contribution is 2.17. The zero-order chi connectivity index (χ0) is 16.6. The Bertz CT molecular complexity index is 890. The molecule has 0 aliphatic carbocycles. The topological polar surface area (TPSA) is 108 Å². The lowest BCUT2D eigenvalue weighted by Gasteiger charge is -2.22. The van der Waals surface area contributed by atoms with Crippen LogP contribution in [0, 0.1) is 5.82 Å². The largest absolute Gasteiger partial charge is 0.340 e. The van der Waals surface area contributed by atoms with Crippen molar-refractivity contribution in [2.45, 2.75) is 18.9 Å². The number of imide groups is 1. The first kappa shape index (κ1) is 14.9. The molecule has 3 rings (SSSR count). The normalized spacial score (nSPS) is 17.9. The molecule has 1 unspecified atom stereocenters. The number of aromatic nitrogens is 1. The standard InChI is InChI=1S/C15H12FN3O4/c16-7-1-2-8-9(6-13(21)17-11(8)5-7)14(22)18-10-3-4-12(20)19-15(10)23/h1-2,5-6,10H,3-4H2,(H,17,21)(H,18,22)(H,19,20,23). The minimum Gasteiger partial charge on any atom is -0.340 e. The Morgan fingerprint density at radius 2 is 2.00 bits per heavy atom. The van der Waals surface area contributed by atoms with Gasteiger partial charge in [-0.3, -0.25) is 24.5 Å². The van der Waals surface area contributed by atoms with E-state index in [-0.39, 0.29) is 23.9 Å². The van der Waals surface area contributed by atoms with E-state index in [0.29, 0.717) is 5.39 Å². The van der Waals surface area contributed by atoms with Crippen LogP contribution in [0.1, 0.15) is 23.2 Å². The van der Waals surface area contributed by atoms with Crippen LogP contribution in [-0.2, 0) is 9.59 Å². The zero-order valence-corrected chi connectivity index (χ0v) is 11.8.